The van der Waals surface area contributed by atoms with Crippen molar-refractivity contribution < 1.29 is 24.2 Å². The van der Waals surface area contributed by atoms with E-state index in [1.54, 1.807) is 30.3 Å². The summed E-state index contributed by atoms with van der Waals surface area (Å²) in [6.07, 6.45) is 0. The number of esters is 1. The molecule has 0 unspecified atom stereocenters. The molecule has 0 aromatic heterocycles. The van der Waals surface area contributed by atoms with Gasteiger partial charge in [-0.1, -0.05) is 23.7 Å². The first-order chi connectivity index (χ1) is 13.0. The summed E-state index contributed by atoms with van der Waals surface area (Å²) in [5.41, 5.74) is 1.24. The van der Waals surface area contributed by atoms with Crippen LogP contribution in [0, 0.1) is 0 Å². The van der Waals surface area contributed by atoms with Gasteiger partial charge in [0.25, 0.3) is 0 Å². The van der Waals surface area contributed by atoms with Gasteiger partial charge in [0.05, 0.1) is 25.9 Å². The van der Waals surface area contributed by atoms with Crippen LogP contribution in [-0.2, 0) is 14.3 Å². The molecule has 7 nitrogen and oxygen atoms in total. The minimum atomic E-state index is -0.969. The predicted octanol–water partition coefficient (Wildman–Crippen LogP) is 2.27. The summed E-state index contributed by atoms with van der Waals surface area (Å²) in [5, 5.41) is 12.6. The van der Waals surface area contributed by atoms with Gasteiger partial charge in [-0.15, -0.1) is 0 Å². The molecule has 1 atom stereocenters. The van der Waals surface area contributed by atoms with Crippen molar-refractivity contribution in [1.82, 2.24) is 5.32 Å². The number of benzene rings is 2. The molecule has 2 aromatic rings. The monoisotopic (exact) mass is 390 g/mol. The van der Waals surface area contributed by atoms with Crippen LogP contribution < -0.4 is 15.0 Å². The highest BCUT2D eigenvalue weighted by atomic mass is 35.5. The van der Waals surface area contributed by atoms with Crippen LogP contribution in [-0.4, -0.2) is 43.8 Å². The van der Waals surface area contributed by atoms with E-state index in [2.05, 4.69) is 5.32 Å². The second kappa shape index (κ2) is 8.18. The Balaban J connectivity index is 1.75. The molecule has 0 aliphatic carbocycles. The van der Waals surface area contributed by atoms with Gasteiger partial charge in [-0.2, -0.15) is 0 Å². The topological polar surface area (TPSA) is 88.1 Å². The molecule has 0 radical (unpaired) electrons. The number of aromatic hydroxyl groups is 1. The molecule has 0 saturated heterocycles. The van der Waals surface area contributed by atoms with Gasteiger partial charge in [-0.25, -0.2) is 4.79 Å². The number of methoxy groups -OCH3 is 1. The maximum absolute atomic E-state index is 12.6. The maximum atomic E-state index is 12.6. The molecule has 3 rings (SSSR count). The third-order valence-corrected chi connectivity index (χ3v) is 4.42. The van der Waals surface area contributed by atoms with E-state index in [1.807, 2.05) is 4.90 Å². The molecular formula is C19H19ClN2O5. The SMILES string of the molecule is COC(=O)[C@H](NC(=O)CN1CCOc2ccc(Cl)cc21)c1ccc(O)cc1. The number of hydrogen-bond acceptors (Lipinski definition) is 6. The van der Waals surface area contributed by atoms with Crippen molar-refractivity contribution in [2.45, 2.75) is 6.04 Å². The Morgan fingerprint density at radius 2 is 2.04 bits per heavy atom. The van der Waals surface area contributed by atoms with Crippen LogP contribution in [0.5, 0.6) is 11.5 Å². The fourth-order valence-electron chi connectivity index (χ4n) is 2.85. The van der Waals surface area contributed by atoms with E-state index in [4.69, 9.17) is 21.1 Å². The molecule has 142 valence electrons. The Bertz CT molecular complexity index is 840. The fraction of sp³-hybridized carbons (Fsp3) is 0.263. The molecule has 1 heterocycles. The fourth-order valence-corrected chi connectivity index (χ4v) is 3.02. The third-order valence-electron chi connectivity index (χ3n) is 4.18. The third kappa shape index (κ3) is 4.43. The zero-order valence-electron chi connectivity index (χ0n) is 14.6. The number of carbonyl (C=O) groups is 2. The number of anilines is 1. The van der Waals surface area contributed by atoms with Crippen LogP contribution in [0.15, 0.2) is 42.5 Å². The Labute approximate surface area is 161 Å². The van der Waals surface area contributed by atoms with Crippen LogP contribution in [0.1, 0.15) is 11.6 Å². The minimum Gasteiger partial charge on any atom is -0.508 e. The number of halogens is 1. The maximum Gasteiger partial charge on any atom is 0.333 e. The molecule has 0 fully saturated rings. The zero-order chi connectivity index (χ0) is 19.4. The summed E-state index contributed by atoms with van der Waals surface area (Å²) in [5.74, 6) is -0.234. The van der Waals surface area contributed by atoms with Gasteiger partial charge in [-0.3, -0.25) is 4.79 Å². The number of nitrogens with zero attached hydrogens (tertiary/aromatic N) is 1. The quantitative estimate of drug-likeness (QED) is 0.761. The highest BCUT2D eigenvalue weighted by Crippen LogP contribution is 2.33. The Morgan fingerprint density at radius 1 is 1.30 bits per heavy atom. The molecule has 2 aromatic carbocycles. The van der Waals surface area contributed by atoms with E-state index in [0.29, 0.717) is 29.5 Å². The van der Waals surface area contributed by atoms with E-state index in [9.17, 15) is 14.7 Å². The summed E-state index contributed by atoms with van der Waals surface area (Å²) in [4.78, 5) is 26.5. The zero-order valence-corrected chi connectivity index (χ0v) is 15.4. The Hall–Kier alpha value is -2.93. The molecule has 2 N–H and O–H groups in total. The number of nitrogens with one attached hydrogen (secondary N) is 1. The molecule has 1 aliphatic heterocycles. The van der Waals surface area contributed by atoms with Crippen LogP contribution in [0.4, 0.5) is 5.69 Å². The van der Waals surface area contributed by atoms with Gasteiger partial charge in [0.1, 0.15) is 18.1 Å². The highest BCUT2D eigenvalue weighted by Gasteiger charge is 2.26. The number of rotatable bonds is 5. The molecule has 27 heavy (non-hydrogen) atoms. The second-order valence-electron chi connectivity index (χ2n) is 6.00. The van der Waals surface area contributed by atoms with Crippen LogP contribution in [0.25, 0.3) is 0 Å². The Kier molecular flexibility index (Phi) is 5.71. The average Bonchev–Trinajstić information content (AvgIpc) is 2.67. The number of ether oxygens (including phenoxy) is 2. The first kappa shape index (κ1) is 18.8. The lowest BCUT2D eigenvalue weighted by Crippen LogP contribution is -2.44. The van der Waals surface area contributed by atoms with Gasteiger partial charge in [-0.05, 0) is 35.9 Å². The average molecular weight is 391 g/mol. The predicted molar refractivity (Wildman–Crippen MR) is 100 cm³/mol. The molecular weight excluding hydrogens is 372 g/mol. The van der Waals surface area contributed by atoms with E-state index in [0.717, 1.165) is 5.69 Å². The van der Waals surface area contributed by atoms with Crippen molar-refractivity contribution in [3.8, 4) is 11.5 Å². The summed E-state index contributed by atoms with van der Waals surface area (Å²) < 4.78 is 10.4. The van der Waals surface area contributed by atoms with E-state index < -0.39 is 12.0 Å². The first-order valence-electron chi connectivity index (χ1n) is 8.31. The minimum absolute atomic E-state index is 0.0300. The van der Waals surface area contributed by atoms with Crippen LogP contribution in [0.3, 0.4) is 0 Å². The van der Waals surface area contributed by atoms with Crippen molar-refractivity contribution in [2.24, 2.45) is 0 Å². The molecule has 0 spiro atoms. The van der Waals surface area contributed by atoms with Gasteiger partial charge < -0.3 is 24.8 Å². The standard InChI is InChI=1S/C19H19ClN2O5/c1-26-19(25)18(12-2-5-14(23)6-3-12)21-17(24)11-22-8-9-27-16-7-4-13(20)10-15(16)22/h2-7,10,18,23H,8-9,11H2,1H3,(H,21,24)/t18-/m1/s1. The Morgan fingerprint density at radius 3 is 2.74 bits per heavy atom. The summed E-state index contributed by atoms with van der Waals surface area (Å²) in [6.45, 7) is 0.992. The highest BCUT2D eigenvalue weighted by molar-refractivity contribution is 6.31. The summed E-state index contributed by atoms with van der Waals surface area (Å²) in [7, 11) is 1.25. The molecule has 0 bridgehead atoms. The second-order valence-corrected chi connectivity index (χ2v) is 6.43. The summed E-state index contributed by atoms with van der Waals surface area (Å²) >= 11 is 6.05. The van der Waals surface area contributed by atoms with E-state index in [-0.39, 0.29) is 18.2 Å². The number of phenols is 1. The lowest BCUT2D eigenvalue weighted by Gasteiger charge is -2.31. The smallest absolute Gasteiger partial charge is 0.333 e. The largest absolute Gasteiger partial charge is 0.508 e. The molecule has 8 heteroatoms. The number of amides is 1. The van der Waals surface area contributed by atoms with Crippen molar-refractivity contribution in [3.05, 3.63) is 53.1 Å². The van der Waals surface area contributed by atoms with E-state index >= 15 is 0 Å². The number of hydrogen-bond donors (Lipinski definition) is 2. The van der Waals surface area contributed by atoms with Gasteiger partial charge in [0.2, 0.25) is 5.91 Å². The van der Waals surface area contributed by atoms with Gasteiger partial charge >= 0.3 is 5.97 Å². The number of fused-ring (bicyclic) bond motifs is 1. The number of carbonyl (C=O) groups excluding carboxylic acids is 2. The van der Waals surface area contributed by atoms with Crippen molar-refractivity contribution in [3.63, 3.8) is 0 Å². The van der Waals surface area contributed by atoms with Crippen LogP contribution >= 0.6 is 11.6 Å². The number of phenolic OH excluding ortho intramolecular Hbond substituents is 1. The van der Waals surface area contributed by atoms with Gasteiger partial charge in [0.15, 0.2) is 6.04 Å². The van der Waals surface area contributed by atoms with Crippen molar-refractivity contribution >= 4 is 29.2 Å². The van der Waals surface area contributed by atoms with Crippen LogP contribution in [0.2, 0.25) is 5.02 Å². The lowest BCUT2D eigenvalue weighted by atomic mass is 10.1. The molecule has 1 aliphatic rings. The lowest BCUT2D eigenvalue weighted by molar-refractivity contribution is -0.145. The van der Waals surface area contributed by atoms with Crippen molar-refractivity contribution in [1.29, 1.82) is 0 Å². The first-order valence-corrected chi connectivity index (χ1v) is 8.69. The van der Waals surface area contributed by atoms with E-state index in [1.165, 1.54) is 19.2 Å². The van der Waals surface area contributed by atoms with Crippen molar-refractivity contribution in [2.75, 3.05) is 31.7 Å². The normalized spacial score (nSPS) is 13.9. The molecule has 1 amide bonds. The van der Waals surface area contributed by atoms with Gasteiger partial charge in [0, 0.05) is 5.02 Å². The summed E-state index contributed by atoms with van der Waals surface area (Å²) in [6, 6.07) is 10.2. The molecule has 0 saturated carbocycles.